The molecular weight excluding hydrogens is 206 g/mol. The Kier molecular flexibility index (Phi) is 3.80. The molecule has 2 atom stereocenters. The van der Waals surface area contributed by atoms with E-state index in [1.165, 1.54) is 16.7 Å². The molecule has 0 amide bonds. The molecule has 0 bridgehead atoms. The molecule has 0 saturated carbocycles. The third kappa shape index (κ3) is 2.67. The summed E-state index contributed by atoms with van der Waals surface area (Å²) in [5.41, 5.74) is 4.17. The van der Waals surface area contributed by atoms with E-state index >= 15 is 0 Å². The van der Waals surface area contributed by atoms with Crippen molar-refractivity contribution in [1.29, 1.82) is 0 Å². The molecule has 1 aliphatic carbocycles. The van der Waals surface area contributed by atoms with Crippen molar-refractivity contribution in [2.24, 2.45) is 5.92 Å². The number of hydrogen-bond donors (Lipinski definition) is 1. The van der Waals surface area contributed by atoms with E-state index in [1.807, 2.05) is 7.05 Å². The summed E-state index contributed by atoms with van der Waals surface area (Å²) in [5.74, 6) is 0.673. The maximum Gasteiger partial charge on any atom is 0.0573 e. The van der Waals surface area contributed by atoms with Crippen LogP contribution in [0.3, 0.4) is 0 Å². The Labute approximate surface area is 104 Å². The number of likely N-dealkylation sites (N-methyl/N-ethyl adjacent to an activating group) is 1. The summed E-state index contributed by atoms with van der Waals surface area (Å²) in [6, 6.07) is 11.0. The van der Waals surface area contributed by atoms with E-state index in [9.17, 15) is 0 Å². The van der Waals surface area contributed by atoms with Crippen molar-refractivity contribution in [2.45, 2.75) is 26.3 Å². The lowest BCUT2D eigenvalue weighted by Crippen LogP contribution is -2.20. The summed E-state index contributed by atoms with van der Waals surface area (Å²) >= 11 is 0. The van der Waals surface area contributed by atoms with Crippen molar-refractivity contribution >= 4 is 0 Å². The van der Waals surface area contributed by atoms with E-state index in [1.54, 1.807) is 0 Å². The van der Waals surface area contributed by atoms with E-state index in [4.69, 9.17) is 0 Å². The highest BCUT2D eigenvalue weighted by Crippen LogP contribution is 2.32. The van der Waals surface area contributed by atoms with Crippen molar-refractivity contribution in [1.82, 2.24) is 5.32 Å². The summed E-state index contributed by atoms with van der Waals surface area (Å²) < 4.78 is 0. The van der Waals surface area contributed by atoms with Gasteiger partial charge in [0.15, 0.2) is 0 Å². The summed E-state index contributed by atoms with van der Waals surface area (Å²) in [7, 11) is 2.03. The number of hydrogen-bond acceptors (Lipinski definition) is 1. The highest BCUT2D eigenvalue weighted by atomic mass is 14.9. The van der Waals surface area contributed by atoms with E-state index in [2.05, 4.69) is 61.6 Å². The topological polar surface area (TPSA) is 12.0 Å². The first-order valence-corrected chi connectivity index (χ1v) is 6.33. The van der Waals surface area contributed by atoms with Gasteiger partial charge in [-0.1, -0.05) is 55.0 Å². The van der Waals surface area contributed by atoms with Gasteiger partial charge in [-0.2, -0.15) is 0 Å². The first-order chi connectivity index (χ1) is 8.22. The monoisotopic (exact) mass is 227 g/mol. The van der Waals surface area contributed by atoms with Crippen molar-refractivity contribution < 1.29 is 0 Å². The van der Waals surface area contributed by atoms with E-state index in [0.29, 0.717) is 12.0 Å². The van der Waals surface area contributed by atoms with Crippen LogP contribution in [-0.4, -0.2) is 7.05 Å². The van der Waals surface area contributed by atoms with Gasteiger partial charge < -0.3 is 5.32 Å². The molecule has 0 aliphatic heterocycles. The van der Waals surface area contributed by atoms with Crippen molar-refractivity contribution in [2.75, 3.05) is 7.05 Å². The predicted octanol–water partition coefficient (Wildman–Crippen LogP) is 3.86. The van der Waals surface area contributed by atoms with Crippen LogP contribution in [0, 0.1) is 5.92 Å². The van der Waals surface area contributed by atoms with Gasteiger partial charge in [0.05, 0.1) is 6.04 Å². The molecular formula is C16H21N. The van der Waals surface area contributed by atoms with Crippen LogP contribution in [0.2, 0.25) is 0 Å². The molecule has 1 heteroatoms. The third-order valence-electron chi connectivity index (χ3n) is 3.43. The van der Waals surface area contributed by atoms with Gasteiger partial charge in [0.1, 0.15) is 0 Å². The van der Waals surface area contributed by atoms with Gasteiger partial charge >= 0.3 is 0 Å². The van der Waals surface area contributed by atoms with Gasteiger partial charge in [0.2, 0.25) is 0 Å². The molecule has 0 aromatic heterocycles. The summed E-state index contributed by atoms with van der Waals surface area (Å²) in [6.45, 7) is 4.49. The van der Waals surface area contributed by atoms with Crippen LogP contribution in [-0.2, 0) is 0 Å². The maximum absolute atomic E-state index is 3.42. The molecule has 90 valence electrons. The Morgan fingerprint density at radius 3 is 2.53 bits per heavy atom. The Balaban J connectivity index is 2.29. The molecule has 0 radical (unpaired) electrons. The lowest BCUT2D eigenvalue weighted by Gasteiger charge is -2.25. The first-order valence-electron chi connectivity index (χ1n) is 6.33. The molecule has 2 rings (SSSR count). The van der Waals surface area contributed by atoms with Crippen LogP contribution in [0.25, 0.3) is 0 Å². The summed E-state index contributed by atoms with van der Waals surface area (Å²) in [6.07, 6.45) is 5.91. The van der Waals surface area contributed by atoms with Crippen LogP contribution in [0.5, 0.6) is 0 Å². The van der Waals surface area contributed by atoms with Gasteiger partial charge in [0, 0.05) is 0 Å². The van der Waals surface area contributed by atoms with Gasteiger partial charge in [-0.25, -0.2) is 0 Å². The van der Waals surface area contributed by atoms with Gasteiger partial charge in [-0.15, -0.1) is 0 Å². The van der Waals surface area contributed by atoms with Crippen molar-refractivity contribution in [3.63, 3.8) is 0 Å². The van der Waals surface area contributed by atoms with Gasteiger partial charge in [-0.3, -0.25) is 0 Å². The molecule has 0 spiro atoms. The van der Waals surface area contributed by atoms with Gasteiger partial charge in [-0.05, 0) is 37.4 Å². The van der Waals surface area contributed by atoms with Crippen LogP contribution in [0.4, 0.5) is 0 Å². The lowest BCUT2D eigenvalue weighted by molar-refractivity contribution is 0.648. The highest BCUT2D eigenvalue weighted by Gasteiger charge is 2.18. The minimum absolute atomic E-state index is 0.319. The van der Waals surface area contributed by atoms with Crippen molar-refractivity contribution in [3.05, 3.63) is 59.2 Å². The molecule has 1 nitrogen and oxygen atoms in total. The molecule has 0 fully saturated rings. The SMILES string of the molecule is CNC(C1=CCC(C)C=C1C)c1ccccc1. The number of nitrogens with one attached hydrogen (secondary N) is 1. The maximum atomic E-state index is 3.42. The fraction of sp³-hybridized carbons (Fsp3) is 0.375. The molecule has 1 aromatic carbocycles. The first kappa shape index (κ1) is 12.1. The predicted molar refractivity (Wildman–Crippen MR) is 73.9 cm³/mol. The molecule has 17 heavy (non-hydrogen) atoms. The van der Waals surface area contributed by atoms with E-state index in [0.717, 1.165) is 6.42 Å². The average Bonchev–Trinajstić information content (AvgIpc) is 2.34. The van der Waals surface area contributed by atoms with Crippen molar-refractivity contribution in [3.8, 4) is 0 Å². The number of benzene rings is 1. The van der Waals surface area contributed by atoms with E-state index in [-0.39, 0.29) is 0 Å². The minimum atomic E-state index is 0.319. The van der Waals surface area contributed by atoms with Crippen LogP contribution >= 0.6 is 0 Å². The second-order valence-corrected chi connectivity index (χ2v) is 4.85. The second kappa shape index (κ2) is 5.33. The molecule has 0 heterocycles. The largest absolute Gasteiger partial charge is 0.309 e. The smallest absolute Gasteiger partial charge is 0.0573 e. The highest BCUT2D eigenvalue weighted by molar-refractivity contribution is 5.41. The summed E-state index contributed by atoms with van der Waals surface area (Å²) in [4.78, 5) is 0. The zero-order valence-electron chi connectivity index (χ0n) is 10.9. The average molecular weight is 227 g/mol. The Morgan fingerprint density at radius 1 is 1.24 bits per heavy atom. The Hall–Kier alpha value is -1.34. The van der Waals surface area contributed by atoms with Crippen LogP contribution < -0.4 is 5.32 Å². The normalized spacial score (nSPS) is 21.7. The van der Waals surface area contributed by atoms with E-state index < -0.39 is 0 Å². The lowest BCUT2D eigenvalue weighted by atomic mass is 9.86. The third-order valence-corrected chi connectivity index (χ3v) is 3.43. The second-order valence-electron chi connectivity index (χ2n) is 4.85. The molecule has 2 unspecified atom stereocenters. The fourth-order valence-corrected chi connectivity index (χ4v) is 2.56. The Bertz CT molecular complexity index is 428. The van der Waals surface area contributed by atoms with Crippen LogP contribution in [0.15, 0.2) is 53.6 Å². The number of rotatable bonds is 3. The molecule has 1 aromatic rings. The minimum Gasteiger partial charge on any atom is -0.309 e. The standard InChI is InChI=1S/C16H21N/c1-12-9-10-15(13(2)11-12)16(17-3)14-7-5-4-6-8-14/h4-8,10-12,16-17H,9H2,1-3H3. The summed E-state index contributed by atoms with van der Waals surface area (Å²) in [5, 5.41) is 3.42. The molecule has 1 N–H and O–H groups in total. The zero-order valence-corrected chi connectivity index (χ0v) is 10.9. The van der Waals surface area contributed by atoms with Crippen LogP contribution in [0.1, 0.15) is 31.9 Å². The molecule has 0 saturated heterocycles. The fourth-order valence-electron chi connectivity index (χ4n) is 2.56. The molecule has 1 aliphatic rings. The zero-order chi connectivity index (χ0) is 12.3. The van der Waals surface area contributed by atoms with Gasteiger partial charge in [0.25, 0.3) is 0 Å². The quantitative estimate of drug-likeness (QED) is 0.826. The number of allylic oxidation sites excluding steroid dienone is 2. The Morgan fingerprint density at radius 2 is 1.94 bits per heavy atom.